The van der Waals surface area contributed by atoms with E-state index in [4.69, 9.17) is 19.4 Å². The quantitative estimate of drug-likeness (QED) is 0.0989. The molecule has 1 saturated carbocycles. The molecule has 82 heavy (non-hydrogen) atoms. The maximum Gasteiger partial charge on any atom is 0.409 e. The Bertz CT molecular complexity index is 3580. The second-order valence-corrected chi connectivity index (χ2v) is 25.3. The molecule has 4 atom stereocenters. The number of carbonyl (C=O) groups excluding carboxylic acids is 3. The molecule has 6 aliphatic heterocycles. The molecule has 3 aromatic heterocycles. The van der Waals surface area contributed by atoms with Crippen LogP contribution in [0.2, 0.25) is 0 Å². The molecule has 7 fully saturated rings. The first-order valence-corrected chi connectivity index (χ1v) is 29.8. The molecule has 6 aromatic rings. The van der Waals surface area contributed by atoms with E-state index in [-0.39, 0.29) is 89.4 Å². The highest BCUT2D eigenvalue weighted by molar-refractivity contribution is 6.02. The number of imidazole rings is 1. The number of aliphatic hydroxyl groups is 1. The number of nitrogens with one attached hydrogen (secondary N) is 1. The Morgan fingerprint density at radius 3 is 2.45 bits per heavy atom. The zero-order valence-corrected chi connectivity index (χ0v) is 47.2. The predicted molar refractivity (Wildman–Crippen MR) is 305 cm³/mol. The van der Waals surface area contributed by atoms with Gasteiger partial charge in [-0.1, -0.05) is 19.1 Å². The van der Waals surface area contributed by atoms with Crippen LogP contribution in [0.25, 0.3) is 44.0 Å². The first-order chi connectivity index (χ1) is 39.5. The Balaban J connectivity index is 0.610. The molecule has 0 radical (unpaired) electrons. The fourth-order valence-electron chi connectivity index (χ4n) is 15.7. The van der Waals surface area contributed by atoms with Crippen molar-refractivity contribution < 1.29 is 42.9 Å². The summed E-state index contributed by atoms with van der Waals surface area (Å²) in [5.41, 5.74) is 1.94. The third kappa shape index (κ3) is 9.82. The van der Waals surface area contributed by atoms with E-state index in [0.717, 1.165) is 83.1 Å². The number of imide groups is 1. The van der Waals surface area contributed by atoms with E-state index in [1.54, 1.807) is 29.2 Å². The normalized spacial score (nSPS) is 25.6. The van der Waals surface area contributed by atoms with Gasteiger partial charge in [0.25, 0.3) is 0 Å². The molecule has 434 valence electrons. The number of phenolic OH excluding ortho intramolecular Hbond substituents is 1. The number of anilines is 1. The largest absolute Gasteiger partial charge is 0.508 e. The summed E-state index contributed by atoms with van der Waals surface area (Å²) in [4.78, 5) is 74.6. The zero-order chi connectivity index (χ0) is 56.8. The molecule has 3 N–H and O–H groups in total. The maximum atomic E-state index is 17.3. The van der Waals surface area contributed by atoms with E-state index >= 15 is 8.78 Å². The monoisotopic (exact) mass is 1120 g/mol. The zero-order valence-electron chi connectivity index (χ0n) is 47.2. The number of aromatic nitrogens is 5. The van der Waals surface area contributed by atoms with Crippen LogP contribution in [-0.4, -0.2) is 150 Å². The van der Waals surface area contributed by atoms with Crippen molar-refractivity contribution in [1.29, 1.82) is 0 Å². The van der Waals surface area contributed by atoms with Crippen LogP contribution in [0.15, 0.2) is 53.5 Å². The van der Waals surface area contributed by atoms with Gasteiger partial charge in [-0.2, -0.15) is 9.97 Å². The highest BCUT2D eigenvalue weighted by Crippen LogP contribution is 2.53. The van der Waals surface area contributed by atoms with Gasteiger partial charge in [-0.25, -0.2) is 18.4 Å². The van der Waals surface area contributed by atoms with Gasteiger partial charge in [0.2, 0.25) is 11.8 Å². The first kappa shape index (κ1) is 54.5. The molecular weight excluding hydrogens is 1050 g/mol. The lowest BCUT2D eigenvalue weighted by atomic mass is 9.57. The number of fused-ring (bicyclic) bond motifs is 4. The van der Waals surface area contributed by atoms with Crippen LogP contribution in [0, 0.1) is 23.0 Å². The molecule has 3 amide bonds. The summed E-state index contributed by atoms with van der Waals surface area (Å²) >= 11 is 0. The number of hydrogen-bond acceptors (Lipinski definition) is 14. The van der Waals surface area contributed by atoms with Crippen molar-refractivity contribution in [2.45, 2.75) is 139 Å². The molecule has 1 unspecified atom stereocenters. The van der Waals surface area contributed by atoms with Crippen molar-refractivity contribution in [2.24, 2.45) is 18.4 Å². The molecule has 1 spiro atoms. The number of carbonyl (C=O) groups is 3. The Labute approximate surface area is 474 Å². The van der Waals surface area contributed by atoms with Gasteiger partial charge in [-0.15, -0.1) is 0 Å². The van der Waals surface area contributed by atoms with Gasteiger partial charge in [-0.05, 0) is 186 Å². The van der Waals surface area contributed by atoms with Crippen LogP contribution in [0.4, 0.5) is 19.4 Å². The lowest BCUT2D eigenvalue weighted by molar-refractivity contribution is -0.135. The number of nitrogens with zero attached hydrogens (tertiary/aromatic N) is 9. The van der Waals surface area contributed by atoms with Gasteiger partial charge in [0.05, 0.1) is 27.6 Å². The third-order valence-corrected chi connectivity index (χ3v) is 20.0. The summed E-state index contributed by atoms with van der Waals surface area (Å²) < 4.78 is 48.4. The van der Waals surface area contributed by atoms with Crippen molar-refractivity contribution in [2.75, 3.05) is 70.5 Å². The number of hydrogen-bond donors (Lipinski definition) is 3. The third-order valence-electron chi connectivity index (χ3n) is 20.0. The van der Waals surface area contributed by atoms with Crippen molar-refractivity contribution >= 4 is 56.4 Å². The van der Waals surface area contributed by atoms with Crippen molar-refractivity contribution in [3.05, 3.63) is 81.9 Å². The Hall–Kier alpha value is -6.77. The van der Waals surface area contributed by atoms with Gasteiger partial charge >= 0.3 is 17.8 Å². The van der Waals surface area contributed by atoms with Crippen molar-refractivity contribution in [1.82, 2.24) is 44.1 Å². The molecule has 6 saturated heterocycles. The average Bonchev–Trinajstić information content (AvgIpc) is 4.26. The van der Waals surface area contributed by atoms with Crippen molar-refractivity contribution in [3.8, 4) is 23.0 Å². The van der Waals surface area contributed by atoms with Crippen LogP contribution < -0.4 is 20.6 Å². The van der Waals surface area contributed by atoms with E-state index in [0.29, 0.717) is 90.2 Å². The molecule has 3 aromatic carbocycles. The number of ether oxygens (including phenoxy) is 2. The van der Waals surface area contributed by atoms with Crippen LogP contribution in [0.3, 0.4) is 0 Å². The van der Waals surface area contributed by atoms with Crippen LogP contribution in [0.5, 0.6) is 11.8 Å². The predicted octanol–water partition coefficient (Wildman–Crippen LogP) is 8.26. The number of aryl methyl sites for hydroxylation is 2. The molecule has 1 aliphatic carbocycles. The smallest absolute Gasteiger partial charge is 0.409 e. The minimum absolute atomic E-state index is 0.00725. The Morgan fingerprint density at radius 2 is 1.68 bits per heavy atom. The van der Waals surface area contributed by atoms with Gasteiger partial charge in [0, 0.05) is 64.0 Å². The standard InChI is InChI=1S/C62H74F2N10O8/c1-4-43-46(63)9-7-40-27-42(75)29-44(51(40)43)53-52(64)54-45(32-65-53)55(72-21-5-16-60(2,80)35-72)68-57(67-54)82-36-62-17-6-22-73(62)41(13-18-62)34-81-59(79)71-25-19-61(20-26-71)30-37(31-61)33-70-23-14-38(15-24-70)39-8-10-47-49(28-39)69(3)58(78)74(47)48-11-12-50(76)66-56(48)77/h7-10,27-29,32,37-38,41,48,75,80H,4-6,11-26,30-31,33-36H2,1-3H3,(H,66,76,77)/t41-,48?,60+,62-/m0/s1. The Morgan fingerprint density at radius 1 is 0.890 bits per heavy atom. The summed E-state index contributed by atoms with van der Waals surface area (Å²) in [5.74, 6) is -0.587. The number of likely N-dealkylation sites (tertiary alicyclic amines) is 2. The van der Waals surface area contributed by atoms with E-state index in [2.05, 4.69) is 32.2 Å². The van der Waals surface area contributed by atoms with Gasteiger partial charge in [0.15, 0.2) is 5.82 Å². The first-order valence-electron chi connectivity index (χ1n) is 29.8. The SMILES string of the molecule is CCc1c(F)ccc2cc(O)cc(-c3ncc4c(N5CCC[C@@](C)(O)C5)nc(OC[C@@]56CCCN5[C@H](COC(=O)N5CCC7(CC5)CC(CN5CCC(c8ccc9c(c8)n(C)c(=O)n9C8CCC(=O)NC8=O)CC5)C7)CC6)nc4c3F)c12. The number of phenols is 1. The lowest BCUT2D eigenvalue weighted by Gasteiger charge is -2.53. The molecule has 20 heteroatoms. The topological polar surface area (TPSA) is 201 Å². The summed E-state index contributed by atoms with van der Waals surface area (Å²) in [6.45, 7) is 10.3. The number of piperidine rings is 4. The maximum absolute atomic E-state index is 17.3. The van der Waals surface area contributed by atoms with E-state index in [9.17, 15) is 29.4 Å². The molecular formula is C62H74F2N10O8. The Kier molecular flexibility index (Phi) is 14.0. The highest BCUT2D eigenvalue weighted by atomic mass is 19.1. The summed E-state index contributed by atoms with van der Waals surface area (Å²) in [5, 5.41) is 25.7. The minimum atomic E-state index is -1.00. The number of β-amino-alcohol motifs (C(OH)–C–C–N with tert-alkyl or cyclic N) is 1. The molecule has 18 nitrogen and oxygen atoms in total. The average molecular weight is 1130 g/mol. The summed E-state index contributed by atoms with van der Waals surface area (Å²) in [6.07, 6.45) is 13.3. The lowest BCUT2D eigenvalue weighted by Crippen LogP contribution is -2.52. The summed E-state index contributed by atoms with van der Waals surface area (Å²) in [7, 11) is 1.75. The molecule has 9 heterocycles. The number of benzene rings is 3. The van der Waals surface area contributed by atoms with Crippen LogP contribution in [-0.2, 0) is 27.8 Å². The number of aromatic hydroxyl groups is 1. The second kappa shape index (κ2) is 21.1. The number of amides is 3. The summed E-state index contributed by atoms with van der Waals surface area (Å²) in [6, 6.07) is 11.4. The molecule has 13 rings (SSSR count). The highest BCUT2D eigenvalue weighted by Gasteiger charge is 2.51. The van der Waals surface area contributed by atoms with E-state index < -0.39 is 29.2 Å². The number of rotatable bonds is 12. The number of pyridine rings is 1. The van der Waals surface area contributed by atoms with Gasteiger partial charge < -0.3 is 34.4 Å². The van der Waals surface area contributed by atoms with E-state index in [1.165, 1.54) is 42.8 Å². The fraction of sp³-hybridized carbons (Fsp3) is 0.565. The fourth-order valence-corrected chi connectivity index (χ4v) is 15.7. The molecule has 0 bridgehead atoms. The van der Waals surface area contributed by atoms with Gasteiger partial charge in [-0.3, -0.25) is 33.9 Å². The number of halogens is 2. The van der Waals surface area contributed by atoms with Crippen molar-refractivity contribution in [3.63, 3.8) is 0 Å². The minimum Gasteiger partial charge on any atom is -0.508 e. The van der Waals surface area contributed by atoms with Crippen LogP contribution in [0.1, 0.15) is 127 Å². The van der Waals surface area contributed by atoms with Crippen LogP contribution >= 0.6 is 0 Å². The molecule has 7 aliphatic rings. The van der Waals surface area contributed by atoms with Gasteiger partial charge in [0.1, 0.15) is 47.9 Å². The van der Waals surface area contributed by atoms with E-state index in [1.807, 2.05) is 22.8 Å². The second-order valence-electron chi connectivity index (χ2n) is 25.3.